The first-order chi connectivity index (χ1) is 8.05. The Morgan fingerprint density at radius 2 is 2.41 bits per heavy atom. The topological polar surface area (TPSA) is 87.2 Å². The van der Waals surface area contributed by atoms with Crippen LogP contribution < -0.4 is 5.14 Å². The number of ether oxygens (including phenoxy) is 1. The van der Waals surface area contributed by atoms with Crippen molar-refractivity contribution in [2.75, 3.05) is 6.61 Å². The summed E-state index contributed by atoms with van der Waals surface area (Å²) < 4.78 is 29.3. The Hall–Kier alpha value is -0.920. The molecule has 0 spiro atoms. The van der Waals surface area contributed by atoms with Crippen LogP contribution in [0.5, 0.6) is 0 Å². The van der Waals surface area contributed by atoms with Gasteiger partial charge in [-0.2, -0.15) is 0 Å². The van der Waals surface area contributed by atoms with E-state index in [2.05, 4.69) is 4.98 Å². The quantitative estimate of drug-likeness (QED) is 0.833. The van der Waals surface area contributed by atoms with E-state index in [1.807, 2.05) is 0 Å². The smallest absolute Gasteiger partial charge is 0.257 e. The fraction of sp³-hybridized carbons (Fsp3) is 0.700. The molecule has 1 atom stereocenters. The fourth-order valence-corrected chi connectivity index (χ4v) is 2.46. The number of nitrogens with zero attached hydrogens (tertiary/aromatic N) is 2. The highest BCUT2D eigenvalue weighted by Gasteiger charge is 2.15. The molecule has 0 amide bonds. The summed E-state index contributed by atoms with van der Waals surface area (Å²) in [6, 6.07) is 0. The Morgan fingerprint density at radius 1 is 1.59 bits per heavy atom. The van der Waals surface area contributed by atoms with Gasteiger partial charge in [0.15, 0.2) is 5.03 Å². The van der Waals surface area contributed by atoms with E-state index in [-0.39, 0.29) is 5.03 Å². The van der Waals surface area contributed by atoms with E-state index < -0.39 is 10.0 Å². The van der Waals surface area contributed by atoms with E-state index in [1.54, 1.807) is 4.57 Å². The number of aromatic nitrogens is 2. The van der Waals surface area contributed by atoms with E-state index >= 15 is 0 Å². The van der Waals surface area contributed by atoms with Crippen LogP contribution in [0.1, 0.15) is 25.7 Å². The SMILES string of the molecule is NS(=O)(=O)c1cn(CCCC2CCCO2)cn1. The van der Waals surface area contributed by atoms with Crippen molar-refractivity contribution in [1.29, 1.82) is 0 Å². The lowest BCUT2D eigenvalue weighted by atomic mass is 10.1. The number of aryl methyl sites for hydroxylation is 1. The van der Waals surface area contributed by atoms with Crippen LogP contribution in [0.3, 0.4) is 0 Å². The van der Waals surface area contributed by atoms with Crippen molar-refractivity contribution < 1.29 is 13.2 Å². The maximum atomic E-state index is 11.0. The molecule has 1 saturated heterocycles. The van der Waals surface area contributed by atoms with Gasteiger partial charge in [-0.25, -0.2) is 18.5 Å². The molecule has 1 aliphatic heterocycles. The average Bonchev–Trinajstić information content (AvgIpc) is 2.86. The minimum atomic E-state index is -3.68. The number of rotatable bonds is 5. The molecule has 2 rings (SSSR count). The van der Waals surface area contributed by atoms with Crippen LogP contribution >= 0.6 is 0 Å². The third-order valence-electron chi connectivity index (χ3n) is 2.87. The first-order valence-corrected chi connectivity index (χ1v) is 7.26. The van der Waals surface area contributed by atoms with Crippen LogP contribution in [0.15, 0.2) is 17.6 Å². The van der Waals surface area contributed by atoms with Crippen molar-refractivity contribution in [3.05, 3.63) is 12.5 Å². The van der Waals surface area contributed by atoms with E-state index in [0.717, 1.165) is 38.8 Å². The first-order valence-electron chi connectivity index (χ1n) is 5.72. The summed E-state index contributed by atoms with van der Waals surface area (Å²) >= 11 is 0. The maximum Gasteiger partial charge on any atom is 0.257 e. The van der Waals surface area contributed by atoms with Crippen LogP contribution in [0, 0.1) is 0 Å². The number of hydrogen-bond acceptors (Lipinski definition) is 4. The zero-order chi connectivity index (χ0) is 12.3. The third-order valence-corrected chi connectivity index (χ3v) is 3.66. The molecule has 7 heteroatoms. The van der Waals surface area contributed by atoms with Gasteiger partial charge < -0.3 is 9.30 Å². The third kappa shape index (κ3) is 3.52. The van der Waals surface area contributed by atoms with Gasteiger partial charge in [0.1, 0.15) is 0 Å². The van der Waals surface area contributed by atoms with Crippen molar-refractivity contribution in [1.82, 2.24) is 9.55 Å². The number of nitrogens with two attached hydrogens (primary N) is 1. The molecule has 1 aromatic rings. The van der Waals surface area contributed by atoms with Gasteiger partial charge in [0.05, 0.1) is 12.4 Å². The van der Waals surface area contributed by atoms with Gasteiger partial charge in [0, 0.05) is 19.3 Å². The van der Waals surface area contributed by atoms with Crippen molar-refractivity contribution in [2.24, 2.45) is 5.14 Å². The molecule has 1 fully saturated rings. The van der Waals surface area contributed by atoms with Crippen LogP contribution in [-0.4, -0.2) is 30.7 Å². The second-order valence-electron chi connectivity index (χ2n) is 4.27. The number of hydrogen-bond donors (Lipinski definition) is 1. The standard InChI is InChI=1S/C10H17N3O3S/c11-17(14,15)10-7-13(8-12-10)5-1-3-9-4-2-6-16-9/h7-9H,1-6H2,(H2,11,14,15). The first kappa shape index (κ1) is 12.5. The molecule has 0 saturated carbocycles. The monoisotopic (exact) mass is 259 g/mol. The van der Waals surface area contributed by atoms with Gasteiger partial charge in [0.25, 0.3) is 10.0 Å². The van der Waals surface area contributed by atoms with Gasteiger partial charge in [-0.1, -0.05) is 0 Å². The summed E-state index contributed by atoms with van der Waals surface area (Å²) in [5.74, 6) is 0. The molecule has 1 aliphatic rings. The minimum Gasteiger partial charge on any atom is -0.378 e. The van der Waals surface area contributed by atoms with Crippen LogP contribution in [0.4, 0.5) is 0 Å². The van der Waals surface area contributed by atoms with E-state index in [4.69, 9.17) is 9.88 Å². The van der Waals surface area contributed by atoms with Gasteiger partial charge in [-0.05, 0) is 25.7 Å². The molecule has 17 heavy (non-hydrogen) atoms. The number of imidazole rings is 1. The average molecular weight is 259 g/mol. The highest BCUT2D eigenvalue weighted by molar-refractivity contribution is 7.89. The van der Waals surface area contributed by atoms with Gasteiger partial charge in [-0.3, -0.25) is 0 Å². The lowest BCUT2D eigenvalue weighted by Crippen LogP contribution is -2.12. The van der Waals surface area contributed by atoms with Crippen molar-refractivity contribution in [2.45, 2.75) is 43.4 Å². The molecular weight excluding hydrogens is 242 g/mol. The summed E-state index contributed by atoms with van der Waals surface area (Å²) in [5, 5.41) is 4.90. The molecule has 0 aromatic carbocycles. The Kier molecular flexibility index (Phi) is 3.80. The molecule has 0 radical (unpaired) electrons. The van der Waals surface area contributed by atoms with E-state index in [0.29, 0.717) is 6.10 Å². The fourth-order valence-electron chi connectivity index (χ4n) is 1.98. The Bertz CT molecular complexity index is 463. The summed E-state index contributed by atoms with van der Waals surface area (Å²) in [5.41, 5.74) is 0. The summed E-state index contributed by atoms with van der Waals surface area (Å²) in [6.45, 7) is 1.60. The molecule has 0 bridgehead atoms. The number of sulfonamides is 1. The normalized spacial score (nSPS) is 20.9. The molecule has 96 valence electrons. The Labute approximate surface area is 101 Å². The van der Waals surface area contributed by atoms with Gasteiger partial charge in [-0.15, -0.1) is 0 Å². The molecule has 1 unspecified atom stereocenters. The largest absolute Gasteiger partial charge is 0.378 e. The predicted molar refractivity (Wildman–Crippen MR) is 61.8 cm³/mol. The molecule has 2 N–H and O–H groups in total. The molecular formula is C10H17N3O3S. The second kappa shape index (κ2) is 5.16. The zero-order valence-electron chi connectivity index (χ0n) is 9.58. The zero-order valence-corrected chi connectivity index (χ0v) is 10.4. The van der Waals surface area contributed by atoms with Crippen LogP contribution in [0.25, 0.3) is 0 Å². The van der Waals surface area contributed by atoms with E-state index in [9.17, 15) is 8.42 Å². The summed E-state index contributed by atoms with van der Waals surface area (Å²) in [4.78, 5) is 3.76. The van der Waals surface area contributed by atoms with Gasteiger partial charge in [0.2, 0.25) is 0 Å². The van der Waals surface area contributed by atoms with Crippen LogP contribution in [-0.2, 0) is 21.3 Å². The highest BCUT2D eigenvalue weighted by atomic mass is 32.2. The lowest BCUT2D eigenvalue weighted by Gasteiger charge is -2.08. The minimum absolute atomic E-state index is 0.0744. The molecule has 1 aromatic heterocycles. The summed E-state index contributed by atoms with van der Waals surface area (Å²) in [6.07, 6.45) is 7.56. The van der Waals surface area contributed by atoms with Crippen LogP contribution in [0.2, 0.25) is 0 Å². The molecule has 2 heterocycles. The number of primary sulfonamides is 1. The molecule has 0 aliphatic carbocycles. The van der Waals surface area contributed by atoms with Gasteiger partial charge >= 0.3 is 0 Å². The maximum absolute atomic E-state index is 11.0. The lowest BCUT2D eigenvalue weighted by molar-refractivity contribution is 0.101. The second-order valence-corrected chi connectivity index (χ2v) is 5.78. The highest BCUT2D eigenvalue weighted by Crippen LogP contribution is 2.17. The van der Waals surface area contributed by atoms with Crippen molar-refractivity contribution in [3.63, 3.8) is 0 Å². The molecule has 6 nitrogen and oxygen atoms in total. The van der Waals surface area contributed by atoms with Crippen molar-refractivity contribution in [3.8, 4) is 0 Å². The van der Waals surface area contributed by atoms with Crippen molar-refractivity contribution >= 4 is 10.0 Å². The Balaban J connectivity index is 1.81. The predicted octanol–water partition coefficient (Wildman–Crippen LogP) is 0.490. The summed E-state index contributed by atoms with van der Waals surface area (Å²) in [7, 11) is -3.68. The van der Waals surface area contributed by atoms with E-state index in [1.165, 1.54) is 12.5 Å². The Morgan fingerprint density at radius 3 is 3.00 bits per heavy atom.